The highest BCUT2D eigenvalue weighted by Gasteiger charge is 2.42. The first-order valence-corrected chi connectivity index (χ1v) is 8.14. The largest absolute Gasteiger partial charge is 0.325 e. The van der Waals surface area contributed by atoms with Gasteiger partial charge in [-0.15, -0.1) is 0 Å². The Morgan fingerprint density at radius 3 is 2.64 bits per heavy atom. The van der Waals surface area contributed by atoms with Crippen molar-refractivity contribution in [2.45, 2.75) is 18.4 Å². The Balaban J connectivity index is 2.10. The minimum Gasteiger partial charge on any atom is -0.325 e. The maximum atomic E-state index is 13.5. The van der Waals surface area contributed by atoms with Crippen LogP contribution >= 0.6 is 0 Å². The van der Waals surface area contributed by atoms with Crippen LogP contribution < -0.4 is 15.4 Å². The van der Waals surface area contributed by atoms with Gasteiger partial charge in [0.2, 0.25) is 15.9 Å². The first-order chi connectivity index (χ1) is 10.1. The predicted octanol–water partition coefficient (Wildman–Crippen LogP) is 1.13. The number of sulfonamides is 1. The number of benzene rings is 1. The smallest absolute Gasteiger partial charge is 0.262 e. The number of carbonyl (C=O) groups is 1. The van der Waals surface area contributed by atoms with E-state index in [0.29, 0.717) is 0 Å². The van der Waals surface area contributed by atoms with E-state index < -0.39 is 46.7 Å². The van der Waals surface area contributed by atoms with Crippen molar-refractivity contribution in [3.63, 3.8) is 0 Å². The van der Waals surface area contributed by atoms with Gasteiger partial charge in [-0.2, -0.15) is 0 Å². The van der Waals surface area contributed by atoms with Gasteiger partial charge in [-0.1, -0.05) is 0 Å². The summed E-state index contributed by atoms with van der Waals surface area (Å²) < 4.78 is 63.7. The first kappa shape index (κ1) is 16.6. The second-order valence-electron chi connectivity index (χ2n) is 5.05. The maximum Gasteiger partial charge on any atom is 0.262 e. The maximum absolute atomic E-state index is 13.5. The van der Waals surface area contributed by atoms with Crippen LogP contribution in [0.5, 0.6) is 0 Å². The van der Waals surface area contributed by atoms with Crippen LogP contribution in [-0.4, -0.2) is 39.1 Å². The molecule has 1 fully saturated rings. The van der Waals surface area contributed by atoms with Crippen molar-refractivity contribution in [2.24, 2.45) is 0 Å². The van der Waals surface area contributed by atoms with Gasteiger partial charge in [0, 0.05) is 12.1 Å². The normalized spacial score (nSPS) is 20.6. The van der Waals surface area contributed by atoms with Crippen molar-refractivity contribution in [3.8, 4) is 0 Å². The molecule has 1 atom stereocenters. The number of halogens is 3. The number of hydrogen-bond acceptors (Lipinski definition) is 4. The molecule has 1 saturated heterocycles. The third-order valence-corrected chi connectivity index (χ3v) is 3.55. The Hall–Kier alpha value is -1.81. The highest BCUT2D eigenvalue weighted by atomic mass is 32.2. The Morgan fingerprint density at radius 2 is 2.09 bits per heavy atom. The van der Waals surface area contributed by atoms with E-state index in [1.165, 1.54) is 6.07 Å². The number of nitrogens with one attached hydrogen (secondary N) is 3. The van der Waals surface area contributed by atoms with Gasteiger partial charge in [-0.3, -0.25) is 14.8 Å². The minimum atomic E-state index is -3.69. The van der Waals surface area contributed by atoms with E-state index in [4.69, 9.17) is 0 Å². The average Bonchev–Trinajstić information content (AvgIpc) is 2.72. The van der Waals surface area contributed by atoms with Crippen molar-refractivity contribution in [1.29, 1.82) is 0 Å². The van der Waals surface area contributed by atoms with Gasteiger partial charge in [0.1, 0.15) is 5.82 Å². The molecular weight excluding hydrogens is 323 g/mol. The summed E-state index contributed by atoms with van der Waals surface area (Å²) in [5.74, 6) is -4.48. The molecule has 1 unspecified atom stereocenters. The van der Waals surface area contributed by atoms with E-state index in [1.54, 1.807) is 0 Å². The summed E-state index contributed by atoms with van der Waals surface area (Å²) in [6.45, 7) is -0.588. The lowest BCUT2D eigenvalue weighted by Crippen LogP contribution is -2.35. The van der Waals surface area contributed by atoms with Gasteiger partial charge >= 0.3 is 0 Å². The topological polar surface area (TPSA) is 87.3 Å². The Morgan fingerprint density at radius 1 is 1.41 bits per heavy atom. The van der Waals surface area contributed by atoms with Crippen LogP contribution in [0.25, 0.3) is 0 Å². The highest BCUT2D eigenvalue weighted by Crippen LogP contribution is 2.26. The van der Waals surface area contributed by atoms with Crippen LogP contribution in [0.4, 0.5) is 24.5 Å². The van der Waals surface area contributed by atoms with Crippen molar-refractivity contribution < 1.29 is 26.4 Å². The van der Waals surface area contributed by atoms with Gasteiger partial charge in [0.15, 0.2) is 0 Å². The quantitative estimate of drug-likeness (QED) is 0.769. The number of carbonyl (C=O) groups excluding carboxylic acids is 1. The molecule has 0 aliphatic carbocycles. The van der Waals surface area contributed by atoms with Crippen molar-refractivity contribution in [3.05, 3.63) is 24.0 Å². The second kappa shape index (κ2) is 5.76. The molecule has 1 amide bonds. The molecule has 1 aliphatic heterocycles. The standard InChI is InChI=1S/C12H14F3N3O3S/c1-22(20,21)18-9-4-7(2-3-8(9)13)17-11(19)10-5-12(14,15)6-16-10/h2-4,10,16,18H,5-6H2,1H3,(H,17,19). The number of rotatable bonds is 4. The summed E-state index contributed by atoms with van der Waals surface area (Å²) in [5, 5.41) is 4.72. The molecule has 1 aromatic rings. The zero-order valence-corrected chi connectivity index (χ0v) is 12.3. The summed E-state index contributed by atoms with van der Waals surface area (Å²) in [5.41, 5.74) is -0.250. The molecule has 2 rings (SSSR count). The zero-order valence-electron chi connectivity index (χ0n) is 11.5. The fraction of sp³-hybridized carbons (Fsp3) is 0.417. The fourth-order valence-electron chi connectivity index (χ4n) is 2.01. The number of amides is 1. The summed E-state index contributed by atoms with van der Waals surface area (Å²) >= 11 is 0. The molecule has 0 radical (unpaired) electrons. The van der Waals surface area contributed by atoms with Gasteiger partial charge in [-0.05, 0) is 18.2 Å². The van der Waals surface area contributed by atoms with E-state index >= 15 is 0 Å². The molecule has 10 heteroatoms. The van der Waals surface area contributed by atoms with E-state index in [9.17, 15) is 26.4 Å². The molecule has 6 nitrogen and oxygen atoms in total. The van der Waals surface area contributed by atoms with Crippen LogP contribution in [0.15, 0.2) is 18.2 Å². The first-order valence-electron chi connectivity index (χ1n) is 6.25. The average molecular weight is 337 g/mol. The number of alkyl halides is 2. The van der Waals surface area contributed by atoms with Crippen molar-refractivity contribution in [1.82, 2.24) is 5.32 Å². The molecule has 1 aliphatic rings. The zero-order chi connectivity index (χ0) is 16.5. The number of anilines is 2. The number of hydrogen-bond donors (Lipinski definition) is 3. The minimum absolute atomic E-state index is 0.0922. The third-order valence-electron chi connectivity index (χ3n) is 2.96. The van der Waals surface area contributed by atoms with Gasteiger partial charge in [0.05, 0.1) is 24.5 Å². The molecule has 1 aromatic carbocycles. The molecule has 1 heterocycles. The summed E-state index contributed by atoms with van der Waals surface area (Å²) in [7, 11) is -3.69. The lowest BCUT2D eigenvalue weighted by atomic mass is 10.1. The van der Waals surface area contributed by atoms with E-state index in [2.05, 4.69) is 10.6 Å². The lowest BCUT2D eigenvalue weighted by Gasteiger charge is -2.13. The van der Waals surface area contributed by atoms with Crippen LogP contribution in [0.2, 0.25) is 0 Å². The van der Waals surface area contributed by atoms with Crippen LogP contribution in [0.3, 0.4) is 0 Å². The Kier molecular flexibility index (Phi) is 4.34. The van der Waals surface area contributed by atoms with Crippen LogP contribution in [-0.2, 0) is 14.8 Å². The third kappa shape index (κ3) is 4.34. The summed E-state index contributed by atoms with van der Waals surface area (Å²) in [6, 6.07) is 2.17. The van der Waals surface area contributed by atoms with Crippen molar-refractivity contribution in [2.75, 3.05) is 22.8 Å². The summed E-state index contributed by atoms with van der Waals surface area (Å²) in [4.78, 5) is 11.8. The van der Waals surface area contributed by atoms with E-state index in [0.717, 1.165) is 18.4 Å². The van der Waals surface area contributed by atoms with Crippen LogP contribution in [0.1, 0.15) is 6.42 Å². The van der Waals surface area contributed by atoms with Gasteiger partial charge < -0.3 is 5.32 Å². The second-order valence-corrected chi connectivity index (χ2v) is 6.80. The van der Waals surface area contributed by atoms with Gasteiger partial charge in [-0.25, -0.2) is 21.6 Å². The Labute approximate surface area is 125 Å². The predicted molar refractivity (Wildman–Crippen MR) is 74.9 cm³/mol. The Bertz CT molecular complexity index is 694. The molecule has 0 spiro atoms. The van der Waals surface area contributed by atoms with Crippen molar-refractivity contribution >= 4 is 27.3 Å². The van der Waals surface area contributed by atoms with E-state index in [1.807, 2.05) is 4.72 Å². The fourth-order valence-corrected chi connectivity index (χ4v) is 2.57. The SMILES string of the molecule is CS(=O)(=O)Nc1cc(NC(=O)C2CC(F)(F)CN2)ccc1F. The van der Waals surface area contributed by atoms with Crippen LogP contribution in [0, 0.1) is 5.82 Å². The van der Waals surface area contributed by atoms with Gasteiger partial charge in [0.25, 0.3) is 5.92 Å². The molecule has 22 heavy (non-hydrogen) atoms. The molecule has 0 bridgehead atoms. The molecule has 3 N–H and O–H groups in total. The molecular formula is C12H14F3N3O3S. The molecule has 0 aromatic heterocycles. The molecule has 122 valence electrons. The molecule has 0 saturated carbocycles. The summed E-state index contributed by atoms with van der Waals surface area (Å²) in [6.07, 6.45) is 0.219. The monoisotopic (exact) mass is 337 g/mol. The lowest BCUT2D eigenvalue weighted by molar-refractivity contribution is -0.118. The van der Waals surface area contributed by atoms with E-state index in [-0.39, 0.29) is 11.4 Å². The highest BCUT2D eigenvalue weighted by molar-refractivity contribution is 7.92.